The van der Waals surface area contributed by atoms with Crippen LogP contribution in [0.25, 0.3) is 11.2 Å². The van der Waals surface area contributed by atoms with Crippen molar-refractivity contribution >= 4 is 28.6 Å². The monoisotopic (exact) mass is 287 g/mol. The van der Waals surface area contributed by atoms with Crippen LogP contribution in [-0.4, -0.2) is 43.5 Å². The highest BCUT2D eigenvalue weighted by Gasteiger charge is 2.37. The van der Waals surface area contributed by atoms with Gasteiger partial charge in [-0.15, -0.1) is 0 Å². The minimum atomic E-state index is -1.26. The molecular formula is C10H11ClFN5O2. The quantitative estimate of drug-likeness (QED) is 0.788. The fraction of sp³-hybridized carbons (Fsp3) is 0.500. The number of nitrogens with two attached hydrogens (primary N) is 1. The van der Waals surface area contributed by atoms with E-state index < -0.39 is 18.5 Å². The molecule has 0 radical (unpaired) electrons. The Labute approximate surface area is 112 Å². The van der Waals surface area contributed by atoms with Crippen molar-refractivity contribution in [1.82, 2.24) is 19.5 Å². The molecule has 102 valence electrons. The third kappa shape index (κ3) is 2.01. The van der Waals surface area contributed by atoms with E-state index in [0.29, 0.717) is 11.2 Å². The van der Waals surface area contributed by atoms with Gasteiger partial charge in [0.25, 0.3) is 0 Å². The van der Waals surface area contributed by atoms with Crippen LogP contribution in [0.3, 0.4) is 0 Å². The number of aliphatic hydroxyl groups is 1. The summed E-state index contributed by atoms with van der Waals surface area (Å²) in [6, 6.07) is 0. The van der Waals surface area contributed by atoms with E-state index in [1.165, 1.54) is 10.9 Å². The van der Waals surface area contributed by atoms with E-state index in [-0.39, 0.29) is 24.1 Å². The molecule has 3 N–H and O–H groups in total. The molecule has 1 saturated heterocycles. The molecule has 2 aromatic rings. The lowest BCUT2D eigenvalue weighted by atomic mass is 10.2. The van der Waals surface area contributed by atoms with Crippen molar-refractivity contribution in [2.75, 3.05) is 12.3 Å². The maximum atomic E-state index is 13.9. The van der Waals surface area contributed by atoms with Gasteiger partial charge in [-0.05, 0) is 11.6 Å². The van der Waals surface area contributed by atoms with Gasteiger partial charge in [-0.25, -0.2) is 9.37 Å². The summed E-state index contributed by atoms with van der Waals surface area (Å²) in [5.74, 6) is 0.126. The van der Waals surface area contributed by atoms with E-state index in [0.717, 1.165) is 0 Å². The number of hydrogen-bond acceptors (Lipinski definition) is 6. The number of alkyl halides is 1. The Bertz CT molecular complexity index is 621. The molecule has 2 aromatic heterocycles. The van der Waals surface area contributed by atoms with Crippen molar-refractivity contribution < 1.29 is 14.2 Å². The Morgan fingerprint density at radius 2 is 2.37 bits per heavy atom. The fourth-order valence-electron chi connectivity index (χ4n) is 2.16. The van der Waals surface area contributed by atoms with Gasteiger partial charge in [0.05, 0.1) is 19.0 Å². The largest absolute Gasteiger partial charge is 0.394 e. The first-order valence-corrected chi connectivity index (χ1v) is 6.04. The van der Waals surface area contributed by atoms with Gasteiger partial charge >= 0.3 is 0 Å². The van der Waals surface area contributed by atoms with Gasteiger partial charge in [-0.1, -0.05) is 0 Å². The van der Waals surface area contributed by atoms with Crippen molar-refractivity contribution in [3.05, 3.63) is 11.6 Å². The van der Waals surface area contributed by atoms with Gasteiger partial charge in [0, 0.05) is 6.42 Å². The van der Waals surface area contributed by atoms with Gasteiger partial charge in [-0.2, -0.15) is 9.97 Å². The third-order valence-corrected chi connectivity index (χ3v) is 3.20. The molecule has 1 fully saturated rings. The minimum absolute atomic E-state index is 0.0427. The summed E-state index contributed by atoms with van der Waals surface area (Å²) in [6.07, 6.45) is -1.19. The summed E-state index contributed by atoms with van der Waals surface area (Å²) in [6.45, 7) is -0.235. The zero-order chi connectivity index (χ0) is 13.6. The summed E-state index contributed by atoms with van der Waals surface area (Å²) in [4.78, 5) is 11.8. The predicted molar refractivity (Wildman–Crippen MR) is 65.3 cm³/mol. The number of aliphatic hydroxyl groups excluding tert-OH is 1. The second-order valence-corrected chi connectivity index (χ2v) is 4.62. The molecule has 3 heterocycles. The molecule has 0 saturated carbocycles. The van der Waals surface area contributed by atoms with Crippen molar-refractivity contribution in [1.29, 1.82) is 0 Å². The number of fused-ring (bicyclic) bond motifs is 1. The van der Waals surface area contributed by atoms with Crippen LogP contribution in [0, 0.1) is 0 Å². The number of nitrogens with zero attached hydrogens (tertiary/aromatic N) is 4. The summed E-state index contributed by atoms with van der Waals surface area (Å²) >= 11 is 5.73. The summed E-state index contributed by atoms with van der Waals surface area (Å²) in [5, 5.41) is 8.97. The van der Waals surface area contributed by atoms with Crippen LogP contribution in [0.2, 0.25) is 5.28 Å². The van der Waals surface area contributed by atoms with Crippen molar-refractivity contribution in [3.8, 4) is 0 Å². The Morgan fingerprint density at radius 3 is 3.05 bits per heavy atom. The van der Waals surface area contributed by atoms with Crippen LogP contribution >= 0.6 is 11.6 Å². The van der Waals surface area contributed by atoms with Crippen LogP contribution in [0.1, 0.15) is 12.6 Å². The minimum Gasteiger partial charge on any atom is -0.394 e. The lowest BCUT2D eigenvalue weighted by molar-refractivity contribution is -0.0351. The summed E-state index contributed by atoms with van der Waals surface area (Å²) in [7, 11) is 0. The summed E-state index contributed by atoms with van der Waals surface area (Å²) in [5.41, 5.74) is 6.32. The van der Waals surface area contributed by atoms with Gasteiger partial charge in [-0.3, -0.25) is 4.57 Å². The van der Waals surface area contributed by atoms with Crippen molar-refractivity contribution in [2.24, 2.45) is 0 Å². The molecule has 0 bridgehead atoms. The second-order valence-electron chi connectivity index (χ2n) is 4.28. The SMILES string of the molecule is Nc1nc(Cl)nc2c1ncn2[C@@H]1O[C@H](CO)CC1F. The lowest BCUT2D eigenvalue weighted by Gasteiger charge is -2.15. The zero-order valence-corrected chi connectivity index (χ0v) is 10.5. The third-order valence-electron chi connectivity index (χ3n) is 3.03. The number of rotatable bonds is 2. The topological polar surface area (TPSA) is 99.1 Å². The predicted octanol–water partition coefficient (Wildman–Crippen LogP) is 0.680. The fourth-order valence-corrected chi connectivity index (χ4v) is 2.33. The number of anilines is 1. The number of imidazole rings is 1. The number of ether oxygens (including phenoxy) is 1. The standard InChI is InChI=1S/C10H11ClFN5O2/c11-10-15-7(13)6-8(16-10)17(3-14-6)9-5(12)1-4(2-18)19-9/h3-5,9,18H,1-2H2,(H2,13,15,16)/t4-,5?,9+/m0/s1. The van der Waals surface area contributed by atoms with E-state index in [9.17, 15) is 4.39 Å². The highest BCUT2D eigenvalue weighted by molar-refractivity contribution is 6.28. The van der Waals surface area contributed by atoms with Crippen LogP contribution in [0.5, 0.6) is 0 Å². The van der Waals surface area contributed by atoms with Gasteiger partial charge in [0.15, 0.2) is 17.7 Å². The maximum Gasteiger partial charge on any atom is 0.226 e. The van der Waals surface area contributed by atoms with Crippen LogP contribution in [-0.2, 0) is 4.74 Å². The molecule has 1 aliphatic heterocycles. The zero-order valence-electron chi connectivity index (χ0n) is 9.70. The highest BCUT2D eigenvalue weighted by atomic mass is 35.5. The van der Waals surface area contributed by atoms with Gasteiger partial charge in [0.1, 0.15) is 11.7 Å². The Hall–Kier alpha value is -1.51. The van der Waals surface area contributed by atoms with Gasteiger partial charge in [0.2, 0.25) is 5.28 Å². The molecule has 0 aromatic carbocycles. The number of aromatic nitrogens is 4. The second kappa shape index (κ2) is 4.55. The first-order chi connectivity index (χ1) is 9.10. The Balaban J connectivity index is 2.06. The molecule has 0 spiro atoms. The number of nitrogen functional groups attached to an aromatic ring is 1. The van der Waals surface area contributed by atoms with E-state index in [4.69, 9.17) is 27.2 Å². The van der Waals surface area contributed by atoms with E-state index in [1.54, 1.807) is 0 Å². The number of hydrogen-bond donors (Lipinski definition) is 2. The van der Waals surface area contributed by atoms with E-state index in [2.05, 4.69) is 15.0 Å². The lowest BCUT2D eigenvalue weighted by Crippen LogP contribution is -2.17. The summed E-state index contributed by atoms with van der Waals surface area (Å²) < 4.78 is 20.8. The Morgan fingerprint density at radius 1 is 1.58 bits per heavy atom. The smallest absolute Gasteiger partial charge is 0.226 e. The van der Waals surface area contributed by atoms with Crippen molar-refractivity contribution in [2.45, 2.75) is 24.9 Å². The molecule has 1 unspecified atom stereocenters. The average Bonchev–Trinajstić information content (AvgIpc) is 2.92. The molecule has 0 amide bonds. The molecule has 7 nitrogen and oxygen atoms in total. The molecule has 9 heteroatoms. The molecule has 3 atom stereocenters. The average molecular weight is 288 g/mol. The highest BCUT2D eigenvalue weighted by Crippen LogP contribution is 2.33. The molecule has 19 heavy (non-hydrogen) atoms. The van der Waals surface area contributed by atoms with Gasteiger partial charge < -0.3 is 15.6 Å². The van der Waals surface area contributed by atoms with E-state index in [1.807, 2.05) is 0 Å². The molecule has 3 rings (SSSR count). The molecule has 0 aliphatic carbocycles. The molecular weight excluding hydrogens is 277 g/mol. The van der Waals surface area contributed by atoms with Crippen LogP contribution in [0.4, 0.5) is 10.2 Å². The van der Waals surface area contributed by atoms with E-state index >= 15 is 0 Å². The van der Waals surface area contributed by atoms with Crippen LogP contribution < -0.4 is 5.73 Å². The first-order valence-electron chi connectivity index (χ1n) is 5.66. The first kappa shape index (κ1) is 12.5. The van der Waals surface area contributed by atoms with Crippen molar-refractivity contribution in [3.63, 3.8) is 0 Å². The molecule has 1 aliphatic rings. The normalized spacial score (nSPS) is 27.2. The number of halogens is 2. The maximum absolute atomic E-state index is 13.9. The van der Waals surface area contributed by atoms with Crippen LogP contribution in [0.15, 0.2) is 6.33 Å². The Kier molecular flexibility index (Phi) is 3.00.